The maximum absolute atomic E-state index is 12.4. The van der Waals surface area contributed by atoms with Gasteiger partial charge < -0.3 is 19.7 Å². The van der Waals surface area contributed by atoms with Crippen LogP contribution in [0.25, 0.3) is 0 Å². The SMILES string of the molecule is COc1ccccc1CCN(C)C(=O)[C@H]1NCCO[C@@H]1C.Cl. The van der Waals surface area contributed by atoms with Crippen LogP contribution < -0.4 is 10.1 Å². The number of nitrogens with zero attached hydrogens (tertiary/aromatic N) is 1. The molecule has 0 spiro atoms. The number of nitrogens with one attached hydrogen (secondary N) is 1. The van der Waals surface area contributed by atoms with Crippen molar-refractivity contribution in [3.05, 3.63) is 29.8 Å². The van der Waals surface area contributed by atoms with E-state index in [2.05, 4.69) is 5.32 Å². The molecule has 124 valence electrons. The molecule has 2 atom stereocenters. The molecule has 0 radical (unpaired) electrons. The highest BCUT2D eigenvalue weighted by Gasteiger charge is 2.30. The Kier molecular flexibility index (Phi) is 7.65. The van der Waals surface area contributed by atoms with Gasteiger partial charge in [-0.2, -0.15) is 0 Å². The minimum Gasteiger partial charge on any atom is -0.496 e. The van der Waals surface area contributed by atoms with Crippen molar-refractivity contribution in [2.24, 2.45) is 0 Å². The van der Waals surface area contributed by atoms with E-state index in [1.807, 2.05) is 38.2 Å². The summed E-state index contributed by atoms with van der Waals surface area (Å²) in [5.41, 5.74) is 1.11. The van der Waals surface area contributed by atoms with Crippen LogP contribution in [-0.2, 0) is 16.0 Å². The summed E-state index contributed by atoms with van der Waals surface area (Å²) in [6.45, 7) is 3.98. The maximum atomic E-state index is 12.4. The summed E-state index contributed by atoms with van der Waals surface area (Å²) >= 11 is 0. The van der Waals surface area contributed by atoms with Crippen LogP contribution in [0.4, 0.5) is 0 Å². The van der Waals surface area contributed by atoms with E-state index >= 15 is 0 Å². The minimum atomic E-state index is -0.249. The van der Waals surface area contributed by atoms with Gasteiger partial charge in [0.1, 0.15) is 11.8 Å². The number of likely N-dealkylation sites (N-methyl/N-ethyl adjacent to an activating group) is 1. The molecule has 2 rings (SSSR count). The Morgan fingerprint density at radius 2 is 2.18 bits per heavy atom. The second kappa shape index (κ2) is 8.98. The van der Waals surface area contributed by atoms with Crippen molar-refractivity contribution in [3.8, 4) is 5.75 Å². The average molecular weight is 329 g/mol. The van der Waals surface area contributed by atoms with Crippen LogP contribution in [0.3, 0.4) is 0 Å². The Balaban J connectivity index is 0.00000242. The van der Waals surface area contributed by atoms with E-state index in [4.69, 9.17) is 9.47 Å². The first kappa shape index (κ1) is 18.7. The molecule has 5 nitrogen and oxygen atoms in total. The van der Waals surface area contributed by atoms with E-state index in [9.17, 15) is 4.79 Å². The molecule has 1 amide bonds. The van der Waals surface area contributed by atoms with Crippen molar-refractivity contribution < 1.29 is 14.3 Å². The van der Waals surface area contributed by atoms with Crippen LogP contribution in [-0.4, -0.2) is 56.8 Å². The number of hydrogen-bond donors (Lipinski definition) is 1. The lowest BCUT2D eigenvalue weighted by Crippen LogP contribution is -2.55. The number of amides is 1. The first-order chi connectivity index (χ1) is 10.1. The van der Waals surface area contributed by atoms with Crippen LogP contribution >= 0.6 is 12.4 Å². The van der Waals surface area contributed by atoms with Gasteiger partial charge in [0.2, 0.25) is 5.91 Å². The van der Waals surface area contributed by atoms with Gasteiger partial charge in [0.25, 0.3) is 0 Å². The molecule has 0 aliphatic carbocycles. The molecule has 1 aromatic carbocycles. The molecule has 1 heterocycles. The van der Waals surface area contributed by atoms with Gasteiger partial charge in [0, 0.05) is 20.1 Å². The zero-order chi connectivity index (χ0) is 15.2. The van der Waals surface area contributed by atoms with E-state index in [1.165, 1.54) is 0 Å². The Morgan fingerprint density at radius 1 is 1.45 bits per heavy atom. The van der Waals surface area contributed by atoms with Gasteiger partial charge in [0.15, 0.2) is 0 Å². The average Bonchev–Trinajstić information content (AvgIpc) is 2.52. The molecule has 0 aromatic heterocycles. The van der Waals surface area contributed by atoms with Gasteiger partial charge in [-0.25, -0.2) is 0 Å². The second-order valence-corrected chi connectivity index (χ2v) is 5.33. The van der Waals surface area contributed by atoms with E-state index < -0.39 is 0 Å². The highest BCUT2D eigenvalue weighted by atomic mass is 35.5. The predicted octanol–water partition coefficient (Wildman–Crippen LogP) is 1.49. The Bertz CT molecular complexity index is 484. The molecule has 1 N–H and O–H groups in total. The van der Waals surface area contributed by atoms with Crippen molar-refractivity contribution in [3.63, 3.8) is 0 Å². The number of halogens is 1. The third-order valence-electron chi connectivity index (χ3n) is 3.87. The molecule has 6 heteroatoms. The number of methoxy groups -OCH3 is 1. The number of ether oxygens (including phenoxy) is 2. The molecular formula is C16H25ClN2O3. The molecule has 0 bridgehead atoms. The largest absolute Gasteiger partial charge is 0.496 e. The van der Waals surface area contributed by atoms with E-state index in [1.54, 1.807) is 12.0 Å². The van der Waals surface area contributed by atoms with Gasteiger partial charge in [0.05, 0.1) is 19.8 Å². The quantitative estimate of drug-likeness (QED) is 0.890. The molecule has 0 saturated carbocycles. The highest BCUT2D eigenvalue weighted by Crippen LogP contribution is 2.18. The van der Waals surface area contributed by atoms with Crippen molar-refractivity contribution in [1.29, 1.82) is 0 Å². The lowest BCUT2D eigenvalue weighted by molar-refractivity contribution is -0.138. The van der Waals surface area contributed by atoms with Crippen LogP contribution in [0.5, 0.6) is 5.75 Å². The number of benzene rings is 1. The summed E-state index contributed by atoms with van der Waals surface area (Å²) in [6.07, 6.45) is 0.689. The number of rotatable bonds is 5. The highest BCUT2D eigenvalue weighted by molar-refractivity contribution is 5.85. The van der Waals surface area contributed by atoms with Gasteiger partial charge in [-0.05, 0) is 25.0 Å². The minimum absolute atomic E-state index is 0. The summed E-state index contributed by atoms with van der Waals surface area (Å²) in [5.74, 6) is 0.947. The van der Waals surface area contributed by atoms with Gasteiger partial charge in [-0.15, -0.1) is 12.4 Å². The molecular weight excluding hydrogens is 304 g/mol. The van der Waals surface area contributed by atoms with Gasteiger partial charge >= 0.3 is 0 Å². The van der Waals surface area contributed by atoms with E-state index in [0.717, 1.165) is 24.3 Å². The van der Waals surface area contributed by atoms with Gasteiger partial charge in [-0.1, -0.05) is 18.2 Å². The van der Waals surface area contributed by atoms with Gasteiger partial charge in [-0.3, -0.25) is 4.79 Å². The van der Waals surface area contributed by atoms with Crippen molar-refractivity contribution in [2.45, 2.75) is 25.5 Å². The monoisotopic (exact) mass is 328 g/mol. The second-order valence-electron chi connectivity index (χ2n) is 5.33. The molecule has 1 aliphatic rings. The summed E-state index contributed by atoms with van der Waals surface area (Å²) < 4.78 is 10.9. The molecule has 1 saturated heterocycles. The maximum Gasteiger partial charge on any atom is 0.242 e. The van der Waals surface area contributed by atoms with Crippen LogP contribution in [0.1, 0.15) is 12.5 Å². The van der Waals surface area contributed by atoms with Crippen molar-refractivity contribution in [2.75, 3.05) is 33.9 Å². The third kappa shape index (κ3) is 4.60. The molecule has 1 fully saturated rings. The number of para-hydroxylation sites is 1. The summed E-state index contributed by atoms with van der Waals surface area (Å²) in [6, 6.07) is 7.65. The van der Waals surface area contributed by atoms with Crippen LogP contribution in [0.2, 0.25) is 0 Å². The lowest BCUT2D eigenvalue weighted by Gasteiger charge is -2.32. The lowest BCUT2D eigenvalue weighted by atomic mass is 10.1. The number of carbonyl (C=O) groups is 1. The van der Waals surface area contributed by atoms with Crippen LogP contribution in [0.15, 0.2) is 24.3 Å². The smallest absolute Gasteiger partial charge is 0.242 e. The zero-order valence-electron chi connectivity index (χ0n) is 13.4. The number of morpholine rings is 1. The predicted molar refractivity (Wildman–Crippen MR) is 88.8 cm³/mol. The fourth-order valence-corrected chi connectivity index (χ4v) is 2.55. The normalized spacial score (nSPS) is 20.9. The first-order valence-corrected chi connectivity index (χ1v) is 7.35. The molecule has 1 aromatic rings. The topological polar surface area (TPSA) is 50.8 Å². The fourth-order valence-electron chi connectivity index (χ4n) is 2.55. The molecule has 22 heavy (non-hydrogen) atoms. The summed E-state index contributed by atoms with van der Waals surface area (Å²) in [7, 11) is 3.50. The Morgan fingerprint density at radius 3 is 2.86 bits per heavy atom. The van der Waals surface area contributed by atoms with Crippen LogP contribution in [0, 0.1) is 0 Å². The summed E-state index contributed by atoms with van der Waals surface area (Å²) in [4.78, 5) is 14.2. The number of carbonyl (C=O) groups excluding carboxylic acids is 1. The van der Waals surface area contributed by atoms with E-state index in [0.29, 0.717) is 13.2 Å². The van der Waals surface area contributed by atoms with Crippen molar-refractivity contribution in [1.82, 2.24) is 10.2 Å². The molecule has 1 aliphatic heterocycles. The van der Waals surface area contributed by atoms with Crippen molar-refractivity contribution >= 4 is 18.3 Å². The number of hydrogen-bond acceptors (Lipinski definition) is 4. The summed E-state index contributed by atoms with van der Waals surface area (Å²) in [5, 5.41) is 3.23. The fraction of sp³-hybridized carbons (Fsp3) is 0.562. The zero-order valence-corrected chi connectivity index (χ0v) is 14.2. The third-order valence-corrected chi connectivity index (χ3v) is 3.87. The first-order valence-electron chi connectivity index (χ1n) is 7.35. The van der Waals surface area contributed by atoms with E-state index in [-0.39, 0.29) is 30.5 Å². The Hall–Kier alpha value is -1.30. The Labute approximate surface area is 138 Å². The standard InChI is InChI=1S/C16H24N2O3.ClH/c1-12-15(17-9-11-21-12)16(19)18(2)10-8-13-6-4-5-7-14(13)20-3;/h4-7,12,15,17H,8-11H2,1-3H3;1H/t12-,15+;/m1./s1. The molecule has 0 unspecified atom stereocenters.